The number of benzene rings is 1. The molecular formula is C10H6Cl2FN3. The minimum absolute atomic E-state index is 0.145. The van der Waals surface area contributed by atoms with Gasteiger partial charge in [0.25, 0.3) is 0 Å². The molecule has 0 aliphatic rings. The normalized spacial score (nSPS) is 10.4. The molecule has 0 radical (unpaired) electrons. The van der Waals surface area contributed by atoms with E-state index in [9.17, 15) is 4.39 Å². The van der Waals surface area contributed by atoms with Gasteiger partial charge in [-0.1, -0.05) is 23.2 Å². The number of nitrogen functional groups attached to an aromatic ring is 1. The van der Waals surface area contributed by atoms with E-state index in [-0.39, 0.29) is 15.9 Å². The van der Waals surface area contributed by atoms with Gasteiger partial charge >= 0.3 is 0 Å². The number of anilines is 1. The molecular weight excluding hydrogens is 252 g/mol. The van der Waals surface area contributed by atoms with Crippen molar-refractivity contribution >= 4 is 29.0 Å². The molecule has 82 valence electrons. The summed E-state index contributed by atoms with van der Waals surface area (Å²) >= 11 is 11.7. The third-order valence-electron chi connectivity index (χ3n) is 1.95. The zero-order chi connectivity index (χ0) is 11.7. The zero-order valence-electron chi connectivity index (χ0n) is 7.92. The Morgan fingerprint density at radius 1 is 1.12 bits per heavy atom. The summed E-state index contributed by atoms with van der Waals surface area (Å²) in [5.74, 6) is -0.317. The second-order valence-electron chi connectivity index (χ2n) is 3.08. The zero-order valence-corrected chi connectivity index (χ0v) is 9.43. The molecule has 0 amide bonds. The molecule has 2 aromatic rings. The minimum Gasteiger partial charge on any atom is -0.382 e. The van der Waals surface area contributed by atoms with Crippen LogP contribution in [0.15, 0.2) is 24.5 Å². The van der Waals surface area contributed by atoms with Crippen LogP contribution in [0, 0.1) is 5.82 Å². The Balaban J connectivity index is 2.63. The van der Waals surface area contributed by atoms with Crippen molar-refractivity contribution < 1.29 is 4.39 Å². The minimum atomic E-state index is -0.462. The van der Waals surface area contributed by atoms with Crippen molar-refractivity contribution in [1.82, 2.24) is 9.97 Å². The smallest absolute Gasteiger partial charge is 0.146 e. The van der Waals surface area contributed by atoms with E-state index >= 15 is 0 Å². The maximum absolute atomic E-state index is 13.1. The van der Waals surface area contributed by atoms with Gasteiger partial charge in [0.15, 0.2) is 0 Å². The number of nitrogens with two attached hydrogens (primary N) is 1. The standard InChI is InChI=1S/C10H6Cl2FN3/c11-6-1-5(2-7(13)3-6)9-8(12)10(14)16-4-15-9/h1-4H,(H2,14,15,16). The average molecular weight is 258 g/mol. The van der Waals surface area contributed by atoms with Crippen molar-refractivity contribution in [1.29, 1.82) is 0 Å². The van der Waals surface area contributed by atoms with E-state index in [1.54, 1.807) is 6.07 Å². The van der Waals surface area contributed by atoms with Crippen LogP contribution in [-0.4, -0.2) is 9.97 Å². The summed E-state index contributed by atoms with van der Waals surface area (Å²) in [4.78, 5) is 7.66. The highest BCUT2D eigenvalue weighted by Gasteiger charge is 2.10. The van der Waals surface area contributed by atoms with Crippen molar-refractivity contribution in [2.45, 2.75) is 0 Å². The number of hydrogen-bond acceptors (Lipinski definition) is 3. The Hall–Kier alpha value is -1.39. The Morgan fingerprint density at radius 3 is 2.56 bits per heavy atom. The van der Waals surface area contributed by atoms with E-state index in [0.717, 1.165) is 0 Å². The van der Waals surface area contributed by atoms with E-state index < -0.39 is 5.82 Å². The Labute approximate surface area is 101 Å². The first-order valence-electron chi connectivity index (χ1n) is 4.30. The number of hydrogen-bond donors (Lipinski definition) is 1. The van der Waals surface area contributed by atoms with Gasteiger partial charge in [0.05, 0.1) is 5.69 Å². The van der Waals surface area contributed by atoms with Crippen LogP contribution in [0.1, 0.15) is 0 Å². The monoisotopic (exact) mass is 257 g/mol. The topological polar surface area (TPSA) is 51.8 Å². The van der Waals surface area contributed by atoms with Gasteiger partial charge in [0.1, 0.15) is 23.0 Å². The predicted molar refractivity (Wildman–Crippen MR) is 61.9 cm³/mol. The van der Waals surface area contributed by atoms with E-state index in [0.29, 0.717) is 11.3 Å². The highest BCUT2D eigenvalue weighted by molar-refractivity contribution is 6.35. The third-order valence-corrected chi connectivity index (χ3v) is 2.54. The number of nitrogens with zero attached hydrogens (tertiary/aromatic N) is 2. The molecule has 0 unspecified atom stereocenters. The van der Waals surface area contributed by atoms with E-state index in [1.807, 2.05) is 0 Å². The molecule has 2 rings (SSSR count). The fraction of sp³-hybridized carbons (Fsp3) is 0. The summed E-state index contributed by atoms with van der Waals surface area (Å²) < 4.78 is 13.1. The van der Waals surface area contributed by atoms with Crippen molar-refractivity contribution in [2.75, 3.05) is 5.73 Å². The molecule has 0 fully saturated rings. The highest BCUT2D eigenvalue weighted by atomic mass is 35.5. The summed E-state index contributed by atoms with van der Waals surface area (Å²) in [5.41, 5.74) is 6.34. The third kappa shape index (κ3) is 2.08. The first kappa shape index (κ1) is 11.1. The van der Waals surface area contributed by atoms with Crippen LogP contribution in [0.2, 0.25) is 10.0 Å². The summed E-state index contributed by atoms with van der Waals surface area (Å²) in [7, 11) is 0. The summed E-state index contributed by atoms with van der Waals surface area (Å²) in [6.45, 7) is 0. The molecule has 0 aliphatic carbocycles. The van der Waals surface area contributed by atoms with Gasteiger partial charge in [0.2, 0.25) is 0 Å². The average Bonchev–Trinajstić information content (AvgIpc) is 2.20. The van der Waals surface area contributed by atoms with Gasteiger partial charge < -0.3 is 5.73 Å². The SMILES string of the molecule is Nc1ncnc(-c2cc(F)cc(Cl)c2)c1Cl. The molecule has 6 heteroatoms. The summed E-state index contributed by atoms with van der Waals surface area (Å²) in [6.07, 6.45) is 1.26. The Kier molecular flexibility index (Phi) is 2.94. The van der Waals surface area contributed by atoms with Crippen molar-refractivity contribution in [3.63, 3.8) is 0 Å². The van der Waals surface area contributed by atoms with E-state index in [1.165, 1.54) is 18.5 Å². The van der Waals surface area contributed by atoms with Crippen molar-refractivity contribution in [3.05, 3.63) is 40.4 Å². The second kappa shape index (κ2) is 4.23. The molecule has 0 spiro atoms. The molecule has 0 aliphatic heterocycles. The fourth-order valence-electron chi connectivity index (χ4n) is 1.28. The quantitative estimate of drug-likeness (QED) is 0.854. The molecule has 0 saturated heterocycles. The van der Waals surface area contributed by atoms with Gasteiger partial charge in [-0.2, -0.15) is 0 Å². The van der Waals surface area contributed by atoms with Crippen LogP contribution in [-0.2, 0) is 0 Å². The second-order valence-corrected chi connectivity index (χ2v) is 3.89. The molecule has 3 nitrogen and oxygen atoms in total. The molecule has 1 aromatic heterocycles. The molecule has 1 heterocycles. The van der Waals surface area contributed by atoms with Crippen LogP contribution in [0.4, 0.5) is 10.2 Å². The number of aromatic nitrogens is 2. The largest absolute Gasteiger partial charge is 0.382 e. The van der Waals surface area contributed by atoms with Crippen molar-refractivity contribution in [3.8, 4) is 11.3 Å². The lowest BCUT2D eigenvalue weighted by molar-refractivity contribution is 0.628. The molecule has 0 bridgehead atoms. The first-order chi connectivity index (χ1) is 7.58. The predicted octanol–water partition coefficient (Wildman–Crippen LogP) is 3.17. The van der Waals surface area contributed by atoms with Crippen LogP contribution in [0.25, 0.3) is 11.3 Å². The maximum atomic E-state index is 13.1. The first-order valence-corrected chi connectivity index (χ1v) is 5.06. The van der Waals surface area contributed by atoms with Crippen molar-refractivity contribution in [2.24, 2.45) is 0 Å². The van der Waals surface area contributed by atoms with Gasteiger partial charge in [0, 0.05) is 10.6 Å². The van der Waals surface area contributed by atoms with Crippen LogP contribution in [0.5, 0.6) is 0 Å². The highest BCUT2D eigenvalue weighted by Crippen LogP contribution is 2.30. The molecule has 1 aromatic carbocycles. The van der Waals surface area contributed by atoms with Crippen LogP contribution in [0.3, 0.4) is 0 Å². The maximum Gasteiger partial charge on any atom is 0.146 e. The van der Waals surface area contributed by atoms with Gasteiger partial charge in [-0.25, -0.2) is 14.4 Å². The van der Waals surface area contributed by atoms with Gasteiger partial charge in [-0.05, 0) is 18.2 Å². The lowest BCUT2D eigenvalue weighted by atomic mass is 10.1. The molecule has 0 saturated carbocycles. The van der Waals surface area contributed by atoms with Crippen LogP contribution >= 0.6 is 23.2 Å². The number of rotatable bonds is 1. The fourth-order valence-corrected chi connectivity index (χ4v) is 1.70. The number of halogens is 3. The van der Waals surface area contributed by atoms with E-state index in [2.05, 4.69) is 9.97 Å². The van der Waals surface area contributed by atoms with Gasteiger partial charge in [-0.3, -0.25) is 0 Å². The molecule has 2 N–H and O–H groups in total. The van der Waals surface area contributed by atoms with Crippen LogP contribution < -0.4 is 5.73 Å². The molecule has 16 heavy (non-hydrogen) atoms. The van der Waals surface area contributed by atoms with E-state index in [4.69, 9.17) is 28.9 Å². The lowest BCUT2D eigenvalue weighted by Gasteiger charge is -2.05. The summed E-state index contributed by atoms with van der Waals surface area (Å²) in [5, 5.41) is 0.451. The van der Waals surface area contributed by atoms with Gasteiger partial charge in [-0.15, -0.1) is 0 Å². The molecule has 0 atom stereocenters. The summed E-state index contributed by atoms with van der Waals surface area (Å²) in [6, 6.07) is 4.03. The Morgan fingerprint density at radius 2 is 1.88 bits per heavy atom. The Bertz CT molecular complexity index is 525. The lowest BCUT2D eigenvalue weighted by Crippen LogP contribution is -1.95.